The maximum Gasteiger partial charge on any atom is 0.417 e. The highest BCUT2D eigenvalue weighted by Crippen LogP contribution is 2.42. The SMILES string of the molecule is N=Cc1cc(Nc2ncnc3sc4c(c23)CCC(C(=O)N2CCC(O)(C(F)(F)F)CC2)C4)ccc1N. The number of carbonyl (C=O) groups excluding carboxylic acids is 1. The van der Waals surface area contributed by atoms with Crippen LogP contribution in [0.1, 0.15) is 35.3 Å². The number of alkyl halides is 3. The summed E-state index contributed by atoms with van der Waals surface area (Å²) in [7, 11) is 0. The van der Waals surface area contributed by atoms with Crippen LogP contribution in [-0.4, -0.2) is 57.0 Å². The molecule has 1 unspecified atom stereocenters. The van der Waals surface area contributed by atoms with E-state index in [9.17, 15) is 23.1 Å². The molecule has 1 aliphatic heterocycles. The normalized spacial score (nSPS) is 19.7. The number of likely N-dealkylation sites (tertiary alicyclic amines) is 1. The molecule has 3 heterocycles. The molecular weight excluding hydrogens is 493 g/mol. The number of rotatable bonds is 4. The molecule has 2 aromatic heterocycles. The first kappa shape index (κ1) is 24.4. The van der Waals surface area contributed by atoms with Crippen LogP contribution in [-0.2, 0) is 17.6 Å². The van der Waals surface area contributed by atoms with E-state index >= 15 is 0 Å². The van der Waals surface area contributed by atoms with Crippen LogP contribution in [0.25, 0.3) is 10.2 Å². The van der Waals surface area contributed by atoms with E-state index in [4.69, 9.17) is 11.1 Å². The van der Waals surface area contributed by atoms with Crippen molar-refractivity contribution in [3.63, 3.8) is 0 Å². The Kier molecular flexibility index (Phi) is 6.11. The molecule has 1 amide bonds. The Morgan fingerprint density at radius 1 is 1.31 bits per heavy atom. The van der Waals surface area contributed by atoms with Crippen molar-refractivity contribution < 1.29 is 23.1 Å². The van der Waals surface area contributed by atoms with E-state index < -0.39 is 24.6 Å². The van der Waals surface area contributed by atoms with Gasteiger partial charge in [0.2, 0.25) is 5.91 Å². The predicted octanol–water partition coefficient (Wildman–Crippen LogP) is 4.04. The standard InChI is InChI=1S/C24H25F3N6O2S/c25-24(26,27)23(35)5-7-33(8-6-23)22(34)13-1-3-16-18(10-13)36-21-19(16)20(30-12-31-21)32-15-2-4-17(29)14(9-15)11-28/h2,4,9,11-13,28,35H,1,3,5-8,10,29H2,(H,30,31,32). The molecule has 12 heteroatoms. The number of halogens is 3. The summed E-state index contributed by atoms with van der Waals surface area (Å²) in [6, 6.07) is 5.29. The number of aliphatic hydroxyl groups is 1. The molecule has 1 aromatic carbocycles. The van der Waals surface area contributed by atoms with Crippen LogP contribution in [0.2, 0.25) is 0 Å². The molecule has 0 radical (unpaired) electrons. The molecule has 3 aromatic rings. The Hall–Kier alpha value is -3.25. The highest BCUT2D eigenvalue weighted by atomic mass is 32.1. The average Bonchev–Trinajstić information content (AvgIpc) is 3.23. The van der Waals surface area contributed by atoms with E-state index in [1.54, 1.807) is 12.1 Å². The minimum atomic E-state index is -4.70. The van der Waals surface area contributed by atoms with Gasteiger partial charge in [0, 0.05) is 59.9 Å². The zero-order valence-corrected chi connectivity index (χ0v) is 20.0. The fourth-order valence-corrected chi connectivity index (χ4v) is 6.24. The Morgan fingerprint density at radius 2 is 2.06 bits per heavy atom. The van der Waals surface area contributed by atoms with Crippen molar-refractivity contribution in [2.45, 2.75) is 43.9 Å². The van der Waals surface area contributed by atoms with E-state index in [-0.39, 0.29) is 24.9 Å². The van der Waals surface area contributed by atoms with Gasteiger partial charge in [0.05, 0.1) is 5.39 Å². The van der Waals surface area contributed by atoms with E-state index in [0.717, 1.165) is 26.3 Å². The summed E-state index contributed by atoms with van der Waals surface area (Å²) in [6.07, 6.45) is -1.34. The third-order valence-electron chi connectivity index (χ3n) is 7.13. The van der Waals surface area contributed by atoms with Gasteiger partial charge < -0.3 is 26.5 Å². The molecule has 5 rings (SSSR count). The maximum absolute atomic E-state index is 13.1. The van der Waals surface area contributed by atoms with Crippen LogP contribution in [0.3, 0.4) is 0 Å². The third-order valence-corrected chi connectivity index (χ3v) is 8.29. The van der Waals surface area contributed by atoms with Crippen LogP contribution < -0.4 is 11.1 Å². The Labute approximate surface area is 208 Å². The minimum Gasteiger partial charge on any atom is -0.398 e. The van der Waals surface area contributed by atoms with Gasteiger partial charge in [0.1, 0.15) is 17.0 Å². The van der Waals surface area contributed by atoms with Crippen molar-refractivity contribution in [2.24, 2.45) is 5.92 Å². The van der Waals surface area contributed by atoms with Gasteiger partial charge in [-0.2, -0.15) is 13.2 Å². The van der Waals surface area contributed by atoms with Crippen LogP contribution in [0, 0.1) is 11.3 Å². The molecule has 0 bridgehead atoms. The van der Waals surface area contributed by atoms with Crippen LogP contribution in [0.15, 0.2) is 24.5 Å². The molecule has 1 fully saturated rings. The van der Waals surface area contributed by atoms with Crippen molar-refractivity contribution in [1.29, 1.82) is 5.41 Å². The molecule has 8 nitrogen and oxygen atoms in total. The van der Waals surface area contributed by atoms with Gasteiger partial charge >= 0.3 is 6.18 Å². The molecular formula is C24H25F3N6O2S. The average molecular weight is 519 g/mol. The number of nitrogens with zero attached hydrogens (tertiary/aromatic N) is 3. The summed E-state index contributed by atoms with van der Waals surface area (Å²) in [5.74, 6) is 0.150. The quantitative estimate of drug-likeness (QED) is 0.305. The summed E-state index contributed by atoms with van der Waals surface area (Å²) in [4.78, 5) is 25.3. The Morgan fingerprint density at radius 3 is 2.75 bits per heavy atom. The second-order valence-corrected chi connectivity index (χ2v) is 10.4. The first-order chi connectivity index (χ1) is 17.1. The van der Waals surface area contributed by atoms with Gasteiger partial charge in [0.15, 0.2) is 5.60 Å². The molecule has 36 heavy (non-hydrogen) atoms. The number of nitrogen functional groups attached to an aromatic ring is 1. The van der Waals surface area contributed by atoms with E-state index in [1.165, 1.54) is 28.8 Å². The lowest BCUT2D eigenvalue weighted by Crippen LogP contribution is -2.55. The van der Waals surface area contributed by atoms with Crippen molar-refractivity contribution in [1.82, 2.24) is 14.9 Å². The van der Waals surface area contributed by atoms with Gasteiger partial charge in [-0.15, -0.1) is 11.3 Å². The summed E-state index contributed by atoms with van der Waals surface area (Å²) in [5, 5.41) is 21.6. The lowest BCUT2D eigenvalue weighted by molar-refractivity contribution is -0.272. The number of anilines is 3. The summed E-state index contributed by atoms with van der Waals surface area (Å²) < 4.78 is 39.4. The van der Waals surface area contributed by atoms with Crippen molar-refractivity contribution in [3.05, 3.63) is 40.5 Å². The molecule has 1 aliphatic carbocycles. The largest absolute Gasteiger partial charge is 0.417 e. The number of fused-ring (bicyclic) bond motifs is 3. The number of amides is 1. The Balaban J connectivity index is 1.34. The lowest BCUT2D eigenvalue weighted by atomic mass is 9.85. The van der Waals surface area contributed by atoms with Crippen LogP contribution in [0.4, 0.5) is 30.4 Å². The summed E-state index contributed by atoms with van der Waals surface area (Å²) in [6.45, 7) is -0.215. The number of piperidine rings is 1. The fourth-order valence-electron chi connectivity index (χ4n) is 4.97. The molecule has 2 aliphatic rings. The number of hydrogen-bond acceptors (Lipinski definition) is 8. The van der Waals surface area contributed by atoms with Gasteiger partial charge in [-0.1, -0.05) is 0 Å². The number of aromatic nitrogens is 2. The van der Waals surface area contributed by atoms with E-state index in [2.05, 4.69) is 15.3 Å². The zero-order valence-electron chi connectivity index (χ0n) is 19.2. The molecule has 0 saturated carbocycles. The van der Waals surface area contributed by atoms with Gasteiger partial charge in [-0.05, 0) is 43.0 Å². The Bertz CT molecular complexity index is 1330. The number of nitrogens with one attached hydrogen (secondary N) is 2. The monoisotopic (exact) mass is 518 g/mol. The fraction of sp³-hybridized carbons (Fsp3) is 0.417. The number of carbonyl (C=O) groups is 1. The number of benzene rings is 1. The van der Waals surface area contributed by atoms with Crippen LogP contribution in [0.5, 0.6) is 0 Å². The second-order valence-electron chi connectivity index (χ2n) is 9.31. The molecule has 5 N–H and O–H groups in total. The van der Waals surface area contributed by atoms with E-state index in [1.807, 2.05) is 6.07 Å². The maximum atomic E-state index is 13.1. The van der Waals surface area contributed by atoms with Gasteiger partial charge in [-0.25, -0.2) is 9.97 Å². The predicted molar refractivity (Wildman–Crippen MR) is 132 cm³/mol. The van der Waals surface area contributed by atoms with Crippen molar-refractivity contribution >= 4 is 50.9 Å². The van der Waals surface area contributed by atoms with Gasteiger partial charge in [0.25, 0.3) is 0 Å². The van der Waals surface area contributed by atoms with Crippen molar-refractivity contribution in [2.75, 3.05) is 24.1 Å². The lowest BCUT2D eigenvalue weighted by Gasteiger charge is -2.40. The zero-order chi connectivity index (χ0) is 25.7. The number of nitrogens with two attached hydrogens (primary N) is 1. The van der Waals surface area contributed by atoms with Crippen LogP contribution >= 0.6 is 11.3 Å². The minimum absolute atomic E-state index is 0.108. The molecule has 1 atom stereocenters. The molecule has 0 spiro atoms. The summed E-state index contributed by atoms with van der Waals surface area (Å²) >= 11 is 1.50. The topological polar surface area (TPSA) is 128 Å². The second kappa shape index (κ2) is 9.00. The number of thiophene rings is 1. The summed E-state index contributed by atoms with van der Waals surface area (Å²) in [5.41, 5.74) is 6.07. The van der Waals surface area contributed by atoms with Crippen molar-refractivity contribution in [3.8, 4) is 0 Å². The first-order valence-corrected chi connectivity index (χ1v) is 12.4. The highest BCUT2D eigenvalue weighted by molar-refractivity contribution is 7.19. The molecule has 190 valence electrons. The van der Waals surface area contributed by atoms with Gasteiger partial charge in [-0.3, -0.25) is 4.79 Å². The molecule has 1 saturated heterocycles. The highest BCUT2D eigenvalue weighted by Gasteiger charge is 2.55. The first-order valence-electron chi connectivity index (χ1n) is 11.6. The number of aryl methyl sites for hydroxylation is 1. The third kappa shape index (κ3) is 4.28. The smallest absolute Gasteiger partial charge is 0.398 e. The van der Waals surface area contributed by atoms with E-state index in [0.29, 0.717) is 36.3 Å². The number of hydrogen-bond donors (Lipinski definition) is 4.